The van der Waals surface area contributed by atoms with Crippen LogP contribution in [-0.2, 0) is 17.6 Å². The van der Waals surface area contributed by atoms with Gasteiger partial charge in [0.1, 0.15) is 0 Å². The average molecular weight is 259 g/mol. The van der Waals surface area contributed by atoms with Crippen LogP contribution < -0.4 is 0 Å². The van der Waals surface area contributed by atoms with Crippen LogP contribution in [0, 0.1) is 5.92 Å². The number of likely N-dealkylation sites (tertiary alicyclic amines) is 1. The summed E-state index contributed by atoms with van der Waals surface area (Å²) in [5.41, 5.74) is 2.72. The molecule has 1 aliphatic carbocycles. The van der Waals surface area contributed by atoms with Gasteiger partial charge in [-0.05, 0) is 43.2 Å². The second-order valence-electron chi connectivity index (χ2n) is 5.72. The van der Waals surface area contributed by atoms with Gasteiger partial charge in [-0.3, -0.25) is 4.79 Å². The second-order valence-corrected chi connectivity index (χ2v) is 5.72. The maximum atomic E-state index is 12.6. The quantitative estimate of drug-likeness (QED) is 0.879. The van der Waals surface area contributed by atoms with Crippen molar-refractivity contribution in [1.29, 1.82) is 0 Å². The lowest BCUT2D eigenvalue weighted by atomic mass is 9.83. The Morgan fingerprint density at radius 3 is 2.84 bits per heavy atom. The Hall–Kier alpha value is -1.35. The van der Waals surface area contributed by atoms with E-state index in [1.807, 2.05) is 4.90 Å². The number of hydrogen-bond donors (Lipinski definition) is 1. The van der Waals surface area contributed by atoms with Gasteiger partial charge in [0.15, 0.2) is 0 Å². The first-order valence-electron chi connectivity index (χ1n) is 7.27. The van der Waals surface area contributed by atoms with Gasteiger partial charge >= 0.3 is 0 Å². The van der Waals surface area contributed by atoms with E-state index in [0.717, 1.165) is 38.6 Å². The normalized spacial score (nSPS) is 26.3. The molecule has 0 spiro atoms. The number of hydrogen-bond acceptors (Lipinski definition) is 2. The van der Waals surface area contributed by atoms with Crippen molar-refractivity contribution in [2.24, 2.45) is 5.92 Å². The number of benzene rings is 1. The standard InChI is InChI=1S/C16H21NO2/c18-11-15-6-3-9-17(15)16(19)14-8-7-12-4-1-2-5-13(12)10-14/h1-2,4-5,14-15,18H,3,6-11H2. The number of fused-ring (bicyclic) bond motifs is 1. The number of amides is 1. The van der Waals surface area contributed by atoms with Gasteiger partial charge < -0.3 is 10.0 Å². The molecule has 0 radical (unpaired) electrons. The van der Waals surface area contributed by atoms with E-state index in [1.54, 1.807) is 0 Å². The highest BCUT2D eigenvalue weighted by atomic mass is 16.3. The van der Waals surface area contributed by atoms with Gasteiger partial charge in [-0.2, -0.15) is 0 Å². The molecule has 2 unspecified atom stereocenters. The molecule has 19 heavy (non-hydrogen) atoms. The van der Waals surface area contributed by atoms with E-state index >= 15 is 0 Å². The molecule has 0 saturated carbocycles. The van der Waals surface area contributed by atoms with E-state index in [0.29, 0.717) is 0 Å². The fraction of sp³-hybridized carbons (Fsp3) is 0.562. The minimum atomic E-state index is 0.0599. The summed E-state index contributed by atoms with van der Waals surface area (Å²) in [6, 6.07) is 8.50. The topological polar surface area (TPSA) is 40.5 Å². The van der Waals surface area contributed by atoms with Crippen LogP contribution in [0.1, 0.15) is 30.4 Å². The number of aryl methyl sites for hydroxylation is 1. The van der Waals surface area contributed by atoms with Crippen LogP contribution >= 0.6 is 0 Å². The summed E-state index contributed by atoms with van der Waals surface area (Å²) in [5, 5.41) is 9.35. The Kier molecular flexibility index (Phi) is 3.56. The van der Waals surface area contributed by atoms with Crippen molar-refractivity contribution in [2.45, 2.75) is 38.1 Å². The van der Waals surface area contributed by atoms with Crippen molar-refractivity contribution in [3.63, 3.8) is 0 Å². The maximum Gasteiger partial charge on any atom is 0.226 e. The number of rotatable bonds is 2. The lowest BCUT2D eigenvalue weighted by Crippen LogP contribution is -2.42. The van der Waals surface area contributed by atoms with Crippen molar-refractivity contribution in [3.8, 4) is 0 Å². The highest BCUT2D eigenvalue weighted by Crippen LogP contribution is 2.29. The fourth-order valence-electron chi connectivity index (χ4n) is 3.46. The van der Waals surface area contributed by atoms with E-state index in [1.165, 1.54) is 11.1 Å². The summed E-state index contributed by atoms with van der Waals surface area (Å²) in [6.45, 7) is 0.928. The van der Waals surface area contributed by atoms with Gasteiger partial charge in [-0.25, -0.2) is 0 Å². The average Bonchev–Trinajstić information content (AvgIpc) is 2.94. The molecule has 1 heterocycles. The lowest BCUT2D eigenvalue weighted by Gasteiger charge is -2.30. The third kappa shape index (κ3) is 2.39. The zero-order chi connectivity index (χ0) is 13.2. The Bertz CT molecular complexity index is 472. The molecule has 0 aromatic heterocycles. The lowest BCUT2D eigenvalue weighted by molar-refractivity contribution is -0.137. The third-order valence-corrected chi connectivity index (χ3v) is 4.57. The fourth-order valence-corrected chi connectivity index (χ4v) is 3.46. The summed E-state index contributed by atoms with van der Waals surface area (Å²) in [5.74, 6) is 0.369. The van der Waals surface area contributed by atoms with Crippen LogP contribution in [0.25, 0.3) is 0 Å². The van der Waals surface area contributed by atoms with Gasteiger partial charge in [0.25, 0.3) is 0 Å². The van der Waals surface area contributed by atoms with Crippen molar-refractivity contribution in [1.82, 2.24) is 4.90 Å². The monoisotopic (exact) mass is 259 g/mol. The van der Waals surface area contributed by atoms with Crippen LogP contribution in [0.5, 0.6) is 0 Å². The van der Waals surface area contributed by atoms with Crippen LogP contribution in [0.2, 0.25) is 0 Å². The molecule has 102 valence electrons. The molecule has 2 aliphatic rings. The highest BCUT2D eigenvalue weighted by Gasteiger charge is 2.34. The second kappa shape index (κ2) is 5.33. The van der Waals surface area contributed by atoms with Crippen molar-refractivity contribution in [2.75, 3.05) is 13.2 Å². The SMILES string of the molecule is O=C(C1CCc2ccccc2C1)N1CCCC1CO. The molecule has 1 amide bonds. The summed E-state index contributed by atoms with van der Waals surface area (Å²) >= 11 is 0. The minimum absolute atomic E-state index is 0.0599. The first kappa shape index (κ1) is 12.7. The Labute approximate surface area is 114 Å². The summed E-state index contributed by atoms with van der Waals surface area (Å²) in [6.07, 6.45) is 4.80. The van der Waals surface area contributed by atoms with Crippen LogP contribution in [0.15, 0.2) is 24.3 Å². The molecular formula is C16H21NO2. The molecule has 1 aromatic rings. The third-order valence-electron chi connectivity index (χ3n) is 4.57. The largest absolute Gasteiger partial charge is 0.394 e. The zero-order valence-corrected chi connectivity index (χ0v) is 11.2. The molecule has 3 heteroatoms. The van der Waals surface area contributed by atoms with Gasteiger partial charge in [0.05, 0.1) is 12.6 Å². The molecule has 1 saturated heterocycles. The minimum Gasteiger partial charge on any atom is -0.394 e. The zero-order valence-electron chi connectivity index (χ0n) is 11.2. The van der Waals surface area contributed by atoms with Crippen molar-refractivity contribution >= 4 is 5.91 Å². The molecule has 1 fully saturated rings. The molecule has 1 aromatic carbocycles. The van der Waals surface area contributed by atoms with Gasteiger partial charge in [-0.15, -0.1) is 0 Å². The van der Waals surface area contributed by atoms with Crippen molar-refractivity contribution in [3.05, 3.63) is 35.4 Å². The number of aliphatic hydroxyl groups excluding tert-OH is 1. The predicted octanol–water partition coefficient (Wildman–Crippen LogP) is 1.77. The predicted molar refractivity (Wildman–Crippen MR) is 73.8 cm³/mol. The maximum absolute atomic E-state index is 12.6. The van der Waals surface area contributed by atoms with E-state index < -0.39 is 0 Å². The Morgan fingerprint density at radius 1 is 1.26 bits per heavy atom. The summed E-state index contributed by atoms with van der Waals surface area (Å²) in [4.78, 5) is 14.5. The summed E-state index contributed by atoms with van der Waals surface area (Å²) < 4.78 is 0. The first-order chi connectivity index (χ1) is 9.29. The molecule has 1 N–H and O–H groups in total. The number of carbonyl (C=O) groups is 1. The first-order valence-corrected chi connectivity index (χ1v) is 7.27. The van der Waals surface area contributed by atoms with Gasteiger partial charge in [-0.1, -0.05) is 24.3 Å². The van der Waals surface area contributed by atoms with Gasteiger partial charge in [0.2, 0.25) is 5.91 Å². The van der Waals surface area contributed by atoms with E-state index in [2.05, 4.69) is 24.3 Å². The Morgan fingerprint density at radius 2 is 2.05 bits per heavy atom. The van der Waals surface area contributed by atoms with Crippen LogP contribution in [-0.4, -0.2) is 35.1 Å². The van der Waals surface area contributed by atoms with E-state index in [4.69, 9.17) is 0 Å². The smallest absolute Gasteiger partial charge is 0.226 e. The summed E-state index contributed by atoms with van der Waals surface area (Å²) in [7, 11) is 0. The molecule has 3 rings (SSSR count). The Balaban J connectivity index is 1.72. The van der Waals surface area contributed by atoms with E-state index in [-0.39, 0.29) is 24.5 Å². The van der Waals surface area contributed by atoms with Crippen molar-refractivity contribution < 1.29 is 9.90 Å². The molecule has 1 aliphatic heterocycles. The number of nitrogens with zero attached hydrogens (tertiary/aromatic N) is 1. The molecule has 3 nitrogen and oxygen atoms in total. The van der Waals surface area contributed by atoms with E-state index in [9.17, 15) is 9.90 Å². The number of carbonyl (C=O) groups excluding carboxylic acids is 1. The molecule has 2 atom stereocenters. The van der Waals surface area contributed by atoms with Crippen LogP contribution in [0.4, 0.5) is 0 Å². The number of aliphatic hydroxyl groups is 1. The molecule has 0 bridgehead atoms. The van der Waals surface area contributed by atoms with Gasteiger partial charge in [0, 0.05) is 12.5 Å². The molecular weight excluding hydrogens is 238 g/mol. The highest BCUT2D eigenvalue weighted by molar-refractivity contribution is 5.80. The van der Waals surface area contributed by atoms with Crippen LogP contribution in [0.3, 0.4) is 0 Å².